The third-order valence-corrected chi connectivity index (χ3v) is 1.54. The monoisotopic (exact) mass is 180 g/mol. The Balaban J connectivity index is 2.58. The molecule has 4 nitrogen and oxygen atoms in total. The average molecular weight is 180 g/mol. The van der Waals surface area contributed by atoms with Gasteiger partial charge in [-0.3, -0.25) is 0 Å². The molecule has 0 saturated carbocycles. The number of hydrogen-bond donors (Lipinski definition) is 1. The van der Waals surface area contributed by atoms with Gasteiger partial charge in [0.15, 0.2) is 0 Å². The maximum atomic E-state index is 13.1. The van der Waals surface area contributed by atoms with Gasteiger partial charge in [0.05, 0.1) is 5.56 Å². The summed E-state index contributed by atoms with van der Waals surface area (Å²) in [5, 5.41) is 5.56. The van der Waals surface area contributed by atoms with Crippen LogP contribution in [0.15, 0.2) is 33.5 Å². The minimum atomic E-state index is -0.696. The molecule has 0 amide bonds. The van der Waals surface area contributed by atoms with Crippen LogP contribution in [0.1, 0.15) is 0 Å². The minimum Gasteiger partial charge on any atom is -0.388 e. The molecule has 1 aromatic carbocycles. The van der Waals surface area contributed by atoms with Gasteiger partial charge in [0.1, 0.15) is 5.82 Å². The lowest BCUT2D eigenvalue weighted by Crippen LogP contribution is -1.93. The van der Waals surface area contributed by atoms with Crippen LogP contribution in [0, 0.1) is 5.82 Å². The molecule has 1 heterocycles. The van der Waals surface area contributed by atoms with E-state index in [4.69, 9.17) is 0 Å². The number of nitrogens with one attached hydrogen (secondary N) is 1. The molecule has 0 radical (unpaired) electrons. The molecule has 0 atom stereocenters. The lowest BCUT2D eigenvalue weighted by atomic mass is 10.2. The zero-order valence-electron chi connectivity index (χ0n) is 6.45. The van der Waals surface area contributed by atoms with Gasteiger partial charge in [0.25, 0.3) is 5.89 Å². The van der Waals surface area contributed by atoms with E-state index in [9.17, 15) is 9.18 Å². The summed E-state index contributed by atoms with van der Waals surface area (Å²) in [6.45, 7) is 0. The molecule has 0 aliphatic rings. The lowest BCUT2D eigenvalue weighted by Gasteiger charge is -1.94. The summed E-state index contributed by atoms with van der Waals surface area (Å²) in [5.74, 6) is -1.21. The van der Waals surface area contributed by atoms with Crippen LogP contribution in [0.5, 0.6) is 0 Å². The van der Waals surface area contributed by atoms with Gasteiger partial charge in [-0.15, -0.1) is 5.10 Å². The molecule has 1 N–H and O–H groups in total. The van der Waals surface area contributed by atoms with E-state index < -0.39 is 11.6 Å². The maximum Gasteiger partial charge on any atom is 0.434 e. The van der Waals surface area contributed by atoms with Gasteiger partial charge in [-0.05, 0) is 12.1 Å². The highest BCUT2D eigenvalue weighted by atomic mass is 19.1. The Hall–Kier alpha value is -1.91. The molecular weight excluding hydrogens is 175 g/mol. The fourth-order valence-corrected chi connectivity index (χ4v) is 0.980. The van der Waals surface area contributed by atoms with Crippen molar-refractivity contribution in [3.8, 4) is 11.5 Å². The van der Waals surface area contributed by atoms with Crippen LogP contribution in [0.2, 0.25) is 0 Å². The van der Waals surface area contributed by atoms with E-state index in [0.717, 1.165) is 0 Å². The summed E-state index contributed by atoms with van der Waals surface area (Å²) in [5.41, 5.74) is 0.167. The van der Waals surface area contributed by atoms with Crippen LogP contribution in [0.3, 0.4) is 0 Å². The number of nitrogens with zero attached hydrogens (tertiary/aromatic N) is 1. The quantitative estimate of drug-likeness (QED) is 0.716. The van der Waals surface area contributed by atoms with E-state index in [1.807, 2.05) is 0 Å². The van der Waals surface area contributed by atoms with Crippen molar-refractivity contribution in [2.75, 3.05) is 0 Å². The fourth-order valence-electron chi connectivity index (χ4n) is 0.980. The number of aromatic amines is 1. The molecule has 0 saturated heterocycles. The molecule has 0 aliphatic carbocycles. The highest BCUT2D eigenvalue weighted by Gasteiger charge is 2.09. The molecule has 0 bridgehead atoms. The van der Waals surface area contributed by atoms with Crippen molar-refractivity contribution in [1.82, 2.24) is 10.2 Å². The van der Waals surface area contributed by atoms with Gasteiger partial charge in [-0.1, -0.05) is 12.1 Å². The van der Waals surface area contributed by atoms with Gasteiger partial charge in [0.2, 0.25) is 0 Å². The van der Waals surface area contributed by atoms with Crippen molar-refractivity contribution in [2.45, 2.75) is 0 Å². The summed E-state index contributed by atoms with van der Waals surface area (Å²) in [4.78, 5) is 10.6. The van der Waals surface area contributed by atoms with E-state index in [1.54, 1.807) is 12.1 Å². The Morgan fingerprint density at radius 3 is 2.77 bits per heavy atom. The summed E-state index contributed by atoms with van der Waals surface area (Å²) in [7, 11) is 0. The predicted molar refractivity (Wildman–Crippen MR) is 42.5 cm³/mol. The van der Waals surface area contributed by atoms with Crippen molar-refractivity contribution < 1.29 is 8.81 Å². The van der Waals surface area contributed by atoms with Gasteiger partial charge in [-0.2, -0.15) is 0 Å². The summed E-state index contributed by atoms with van der Waals surface area (Å²) in [6.07, 6.45) is 0. The predicted octanol–water partition coefficient (Wildman–Crippen LogP) is 1.17. The summed E-state index contributed by atoms with van der Waals surface area (Å²) in [6, 6.07) is 5.93. The fraction of sp³-hybridized carbons (Fsp3) is 0. The van der Waals surface area contributed by atoms with Crippen molar-refractivity contribution in [2.24, 2.45) is 0 Å². The second-order valence-electron chi connectivity index (χ2n) is 2.40. The minimum absolute atomic E-state index is 0.0388. The molecule has 13 heavy (non-hydrogen) atoms. The Kier molecular flexibility index (Phi) is 1.70. The van der Waals surface area contributed by atoms with Crippen molar-refractivity contribution in [1.29, 1.82) is 0 Å². The zero-order valence-corrected chi connectivity index (χ0v) is 6.45. The second kappa shape index (κ2) is 2.85. The number of hydrogen-bond acceptors (Lipinski definition) is 3. The number of halogens is 1. The highest BCUT2D eigenvalue weighted by molar-refractivity contribution is 5.52. The van der Waals surface area contributed by atoms with Gasteiger partial charge in [0, 0.05) is 0 Å². The standard InChI is InChI=1S/C8H5FN2O2/c9-6-4-2-1-3-5(6)7-10-11-8(12)13-7/h1-4H,(H,11,12). The third kappa shape index (κ3) is 1.35. The van der Waals surface area contributed by atoms with Crippen LogP contribution in [0.25, 0.3) is 11.5 Å². The van der Waals surface area contributed by atoms with Crippen molar-refractivity contribution >= 4 is 0 Å². The van der Waals surface area contributed by atoms with Crippen LogP contribution < -0.4 is 5.76 Å². The van der Waals surface area contributed by atoms with Crippen LogP contribution in [0.4, 0.5) is 4.39 Å². The Bertz CT molecular complexity index is 475. The van der Waals surface area contributed by atoms with Crippen LogP contribution in [-0.4, -0.2) is 10.2 Å². The first-order valence-electron chi connectivity index (χ1n) is 3.58. The largest absolute Gasteiger partial charge is 0.434 e. The second-order valence-corrected chi connectivity index (χ2v) is 2.40. The molecule has 1 aromatic heterocycles. The highest BCUT2D eigenvalue weighted by Crippen LogP contribution is 2.17. The average Bonchev–Trinajstić information content (AvgIpc) is 2.53. The number of benzene rings is 1. The molecule has 0 spiro atoms. The maximum absolute atomic E-state index is 13.1. The lowest BCUT2D eigenvalue weighted by molar-refractivity contribution is 0.521. The topological polar surface area (TPSA) is 58.9 Å². The molecule has 0 fully saturated rings. The van der Waals surface area contributed by atoms with Gasteiger partial charge >= 0.3 is 5.76 Å². The summed E-state index contributed by atoms with van der Waals surface area (Å²) >= 11 is 0. The first kappa shape index (κ1) is 7.72. The van der Waals surface area contributed by atoms with Crippen LogP contribution >= 0.6 is 0 Å². The molecule has 0 unspecified atom stereocenters. The number of aromatic nitrogens is 2. The van der Waals surface area contributed by atoms with Crippen molar-refractivity contribution in [3.63, 3.8) is 0 Å². The molecule has 2 aromatic rings. The van der Waals surface area contributed by atoms with E-state index in [1.165, 1.54) is 12.1 Å². The van der Waals surface area contributed by atoms with E-state index >= 15 is 0 Å². The smallest absolute Gasteiger partial charge is 0.388 e. The molecule has 5 heteroatoms. The van der Waals surface area contributed by atoms with Crippen molar-refractivity contribution in [3.05, 3.63) is 40.6 Å². The number of H-pyrrole nitrogens is 1. The molecule has 66 valence electrons. The Morgan fingerprint density at radius 2 is 2.15 bits per heavy atom. The van der Waals surface area contributed by atoms with Crippen LogP contribution in [-0.2, 0) is 0 Å². The molecule has 2 rings (SSSR count). The molecular formula is C8H5FN2O2. The van der Waals surface area contributed by atoms with E-state index in [0.29, 0.717) is 0 Å². The van der Waals surface area contributed by atoms with Gasteiger partial charge < -0.3 is 4.42 Å². The van der Waals surface area contributed by atoms with E-state index in [-0.39, 0.29) is 11.5 Å². The third-order valence-electron chi connectivity index (χ3n) is 1.54. The normalized spacial score (nSPS) is 10.2. The Morgan fingerprint density at radius 1 is 1.38 bits per heavy atom. The Labute approximate surface area is 72.0 Å². The van der Waals surface area contributed by atoms with E-state index in [2.05, 4.69) is 14.6 Å². The first-order valence-corrected chi connectivity index (χ1v) is 3.58. The summed E-state index contributed by atoms with van der Waals surface area (Å²) < 4.78 is 17.7. The number of rotatable bonds is 1. The first-order chi connectivity index (χ1) is 6.27. The SMILES string of the molecule is O=c1[nH]nc(-c2ccccc2F)o1. The zero-order chi connectivity index (χ0) is 9.26. The van der Waals surface area contributed by atoms with Gasteiger partial charge in [-0.25, -0.2) is 14.3 Å². The molecule has 0 aliphatic heterocycles.